The number of methoxy groups -OCH3 is 3. The maximum atomic E-state index is 12.8. The van der Waals surface area contributed by atoms with Crippen molar-refractivity contribution >= 4 is 18.0 Å². The van der Waals surface area contributed by atoms with Crippen LogP contribution in [0.1, 0.15) is 15.9 Å². The Labute approximate surface area is 274 Å². The van der Waals surface area contributed by atoms with Crippen LogP contribution in [0.4, 0.5) is 0 Å². The molecular formula is C31H38O17. The number of phenols is 1. The van der Waals surface area contributed by atoms with Gasteiger partial charge in [0.15, 0.2) is 23.9 Å². The van der Waals surface area contributed by atoms with Crippen LogP contribution in [-0.2, 0) is 28.5 Å². The van der Waals surface area contributed by atoms with Gasteiger partial charge >= 0.3 is 11.9 Å². The molecule has 0 amide bonds. The van der Waals surface area contributed by atoms with Crippen LogP contribution in [0, 0.1) is 0 Å². The zero-order valence-electron chi connectivity index (χ0n) is 26.1. The molecule has 0 spiro atoms. The van der Waals surface area contributed by atoms with Crippen LogP contribution in [0.2, 0.25) is 0 Å². The fourth-order valence-corrected chi connectivity index (χ4v) is 5.12. The molecule has 9 atom stereocenters. The molecule has 0 bridgehead atoms. The van der Waals surface area contributed by atoms with E-state index in [2.05, 4.69) is 0 Å². The van der Waals surface area contributed by atoms with E-state index in [4.69, 9.17) is 37.9 Å². The average molecular weight is 683 g/mol. The fourth-order valence-electron chi connectivity index (χ4n) is 5.12. The standard InChI is InChI=1S/C31H38O17/c1-41-18-10-15(11-19(42-2)27(18)43-3)4-9-22(35)44-13-21-23(36)25(38)26(39)30(45-21)48-31(14-33)28(24(37)20(12-32)47-31)46-29(40)16-5-7-17(34)8-6-16/h4-11,20-21,23-26,28,30,32-34,36-39H,12-14H2,1-3H3/b9-4+. The molecule has 2 aliphatic rings. The lowest BCUT2D eigenvalue weighted by molar-refractivity contribution is -0.383. The van der Waals surface area contributed by atoms with Crippen molar-refractivity contribution < 1.29 is 83.2 Å². The molecule has 0 aliphatic carbocycles. The fraction of sp³-hybridized carbons (Fsp3) is 0.484. The van der Waals surface area contributed by atoms with Crippen LogP contribution in [0.5, 0.6) is 23.0 Å². The van der Waals surface area contributed by atoms with Crippen molar-refractivity contribution in [2.45, 2.75) is 54.8 Å². The summed E-state index contributed by atoms with van der Waals surface area (Å²) in [4.78, 5) is 25.4. The minimum atomic E-state index is -2.46. The number of hydrogen-bond donors (Lipinski definition) is 7. The highest BCUT2D eigenvalue weighted by Crippen LogP contribution is 2.39. The van der Waals surface area contributed by atoms with E-state index in [-0.39, 0.29) is 11.3 Å². The van der Waals surface area contributed by atoms with E-state index >= 15 is 0 Å². The van der Waals surface area contributed by atoms with E-state index in [1.807, 2.05) is 0 Å². The van der Waals surface area contributed by atoms with Crippen LogP contribution < -0.4 is 14.2 Å². The number of ether oxygens (including phenoxy) is 8. The molecule has 0 radical (unpaired) electrons. The molecule has 0 aromatic heterocycles. The smallest absolute Gasteiger partial charge is 0.338 e. The van der Waals surface area contributed by atoms with Gasteiger partial charge < -0.3 is 73.6 Å². The summed E-state index contributed by atoms with van der Waals surface area (Å²) in [7, 11) is 4.29. The van der Waals surface area contributed by atoms with Crippen LogP contribution >= 0.6 is 0 Å². The Kier molecular flexibility index (Phi) is 12.2. The first-order chi connectivity index (χ1) is 22.9. The zero-order valence-corrected chi connectivity index (χ0v) is 26.1. The lowest BCUT2D eigenvalue weighted by Gasteiger charge is -2.43. The number of benzene rings is 2. The number of carbonyl (C=O) groups excluding carboxylic acids is 2. The Morgan fingerprint density at radius 2 is 1.52 bits per heavy atom. The van der Waals surface area contributed by atoms with Gasteiger partial charge in [0.1, 0.15) is 55.6 Å². The van der Waals surface area contributed by atoms with Crippen LogP contribution in [0.3, 0.4) is 0 Å². The summed E-state index contributed by atoms with van der Waals surface area (Å²) in [6.45, 7) is -2.58. The molecule has 0 saturated carbocycles. The topological polar surface area (TPSA) is 250 Å². The Morgan fingerprint density at radius 1 is 0.875 bits per heavy atom. The maximum Gasteiger partial charge on any atom is 0.338 e. The molecule has 17 heteroatoms. The first-order valence-electron chi connectivity index (χ1n) is 14.5. The summed E-state index contributed by atoms with van der Waals surface area (Å²) >= 11 is 0. The summed E-state index contributed by atoms with van der Waals surface area (Å²) in [5, 5.41) is 72.2. The highest BCUT2D eigenvalue weighted by Gasteiger charge is 2.61. The Hall–Kier alpha value is -4.04. The highest BCUT2D eigenvalue weighted by molar-refractivity contribution is 5.89. The molecule has 48 heavy (non-hydrogen) atoms. The third-order valence-electron chi connectivity index (χ3n) is 7.69. The lowest BCUT2D eigenvalue weighted by Crippen LogP contribution is -2.63. The Balaban J connectivity index is 1.47. The van der Waals surface area contributed by atoms with Crippen molar-refractivity contribution in [2.75, 3.05) is 41.2 Å². The maximum absolute atomic E-state index is 12.8. The monoisotopic (exact) mass is 682 g/mol. The summed E-state index contributed by atoms with van der Waals surface area (Å²) in [5.41, 5.74) is 0.422. The largest absolute Gasteiger partial charge is 0.508 e. The predicted octanol–water partition coefficient (Wildman–Crippen LogP) is -1.54. The van der Waals surface area contributed by atoms with Gasteiger partial charge in [-0.3, -0.25) is 0 Å². The van der Waals surface area contributed by atoms with E-state index in [9.17, 15) is 45.3 Å². The van der Waals surface area contributed by atoms with Crippen molar-refractivity contribution in [1.82, 2.24) is 0 Å². The lowest BCUT2D eigenvalue weighted by atomic mass is 9.98. The second kappa shape index (κ2) is 15.9. The van der Waals surface area contributed by atoms with Crippen molar-refractivity contribution in [3.63, 3.8) is 0 Å². The second-order valence-electron chi connectivity index (χ2n) is 10.7. The van der Waals surface area contributed by atoms with Gasteiger partial charge in [-0.1, -0.05) is 0 Å². The summed E-state index contributed by atoms with van der Waals surface area (Å²) in [6.07, 6.45) is -11.7. The van der Waals surface area contributed by atoms with Crippen molar-refractivity contribution in [1.29, 1.82) is 0 Å². The van der Waals surface area contributed by atoms with Crippen LogP contribution in [0.25, 0.3) is 6.08 Å². The van der Waals surface area contributed by atoms with E-state index in [1.165, 1.54) is 51.7 Å². The second-order valence-corrected chi connectivity index (χ2v) is 10.7. The predicted molar refractivity (Wildman–Crippen MR) is 159 cm³/mol. The number of phenolic OH excluding ortho intramolecular Hbond substituents is 1. The molecule has 17 nitrogen and oxygen atoms in total. The first kappa shape index (κ1) is 36.8. The molecule has 9 unspecified atom stereocenters. The van der Waals surface area contributed by atoms with E-state index in [0.29, 0.717) is 22.8 Å². The molecule has 264 valence electrons. The minimum Gasteiger partial charge on any atom is -0.508 e. The molecule has 2 aromatic carbocycles. The SMILES string of the molecule is COc1cc(/C=C/C(=O)OCC2OC(OC3(CO)OC(CO)C(O)C3OC(=O)c3ccc(O)cc3)C(O)C(O)C2O)cc(OC)c1OC. The quantitative estimate of drug-likeness (QED) is 0.0934. The molecule has 2 heterocycles. The minimum absolute atomic E-state index is 0.0621. The first-order valence-corrected chi connectivity index (χ1v) is 14.5. The van der Waals surface area contributed by atoms with Crippen molar-refractivity contribution in [2.24, 2.45) is 0 Å². The van der Waals surface area contributed by atoms with E-state index < -0.39 is 86.6 Å². The molecule has 7 N–H and O–H groups in total. The summed E-state index contributed by atoms with van der Waals surface area (Å²) in [5.74, 6) is -3.50. The summed E-state index contributed by atoms with van der Waals surface area (Å²) in [6, 6.07) is 8.02. The molecule has 2 fully saturated rings. The van der Waals surface area contributed by atoms with Gasteiger partial charge in [0, 0.05) is 6.08 Å². The highest BCUT2D eigenvalue weighted by atomic mass is 16.8. The molecule has 2 saturated heterocycles. The number of hydrogen-bond acceptors (Lipinski definition) is 17. The van der Waals surface area contributed by atoms with Gasteiger partial charge in [0.25, 0.3) is 0 Å². The number of rotatable bonds is 13. The average Bonchev–Trinajstić information content (AvgIpc) is 3.36. The van der Waals surface area contributed by atoms with Crippen molar-refractivity contribution in [3.05, 3.63) is 53.6 Å². The molecule has 2 aliphatic heterocycles. The zero-order chi connectivity index (χ0) is 35.2. The van der Waals surface area contributed by atoms with Crippen LogP contribution in [0.15, 0.2) is 42.5 Å². The third kappa shape index (κ3) is 7.81. The van der Waals surface area contributed by atoms with E-state index in [1.54, 1.807) is 12.1 Å². The number of carbonyl (C=O) groups is 2. The van der Waals surface area contributed by atoms with Gasteiger partial charge in [-0.25, -0.2) is 9.59 Å². The van der Waals surface area contributed by atoms with Gasteiger partial charge in [-0.15, -0.1) is 0 Å². The van der Waals surface area contributed by atoms with Crippen molar-refractivity contribution in [3.8, 4) is 23.0 Å². The molecular weight excluding hydrogens is 644 g/mol. The van der Waals surface area contributed by atoms with E-state index in [0.717, 1.165) is 6.08 Å². The molecule has 2 aromatic rings. The molecule has 4 rings (SSSR count). The summed E-state index contributed by atoms with van der Waals surface area (Å²) < 4.78 is 43.2. The van der Waals surface area contributed by atoms with Gasteiger partial charge in [0.05, 0.1) is 33.5 Å². The number of aliphatic hydroxyl groups is 6. The Bertz CT molecular complexity index is 1410. The van der Waals surface area contributed by atoms with Gasteiger partial charge in [-0.05, 0) is 48.0 Å². The van der Waals surface area contributed by atoms with Crippen LogP contribution in [-0.4, -0.2) is 144 Å². The number of esters is 2. The Morgan fingerprint density at radius 3 is 2.08 bits per heavy atom. The van der Waals surface area contributed by atoms with Gasteiger partial charge in [0.2, 0.25) is 11.5 Å². The van der Waals surface area contributed by atoms with Gasteiger partial charge in [-0.2, -0.15) is 0 Å². The number of aromatic hydroxyl groups is 1. The normalized spacial score (nSPS) is 30.2. The number of aliphatic hydroxyl groups excluding tert-OH is 6. The third-order valence-corrected chi connectivity index (χ3v) is 7.69.